The second kappa shape index (κ2) is 3.54. The Balaban J connectivity index is 2.73. The van der Waals surface area contributed by atoms with Gasteiger partial charge in [-0.05, 0) is 6.07 Å². The summed E-state index contributed by atoms with van der Waals surface area (Å²) in [5, 5.41) is 7.35. The van der Waals surface area contributed by atoms with E-state index in [0.29, 0.717) is 0 Å². The lowest BCUT2D eigenvalue weighted by atomic mass is 10.2. The van der Waals surface area contributed by atoms with Crippen LogP contribution in [0.3, 0.4) is 0 Å². The minimum Gasteiger partial charge on any atom is -0.387 e. The Kier molecular flexibility index (Phi) is 2.23. The zero-order valence-corrected chi connectivity index (χ0v) is 8.33. The van der Waals surface area contributed by atoms with Crippen LogP contribution in [-0.4, -0.2) is 19.1 Å². The van der Waals surface area contributed by atoms with Crippen LogP contribution in [0.5, 0.6) is 0 Å². The molecule has 0 fully saturated rings. The molecule has 2 rings (SSSR count). The number of nitrogens with zero attached hydrogens (tertiary/aromatic N) is 1. The number of pyridine rings is 1. The van der Waals surface area contributed by atoms with E-state index in [4.69, 9.17) is 0 Å². The molecule has 0 aliphatic carbocycles. The van der Waals surface area contributed by atoms with Crippen LogP contribution in [0.2, 0.25) is 0 Å². The minimum atomic E-state index is 0.882. The van der Waals surface area contributed by atoms with Gasteiger partial charge in [0.25, 0.3) is 0 Å². The highest BCUT2D eigenvalue weighted by Gasteiger charge is 2.01. The maximum absolute atomic E-state index is 4.45. The fourth-order valence-corrected chi connectivity index (χ4v) is 1.51. The first kappa shape index (κ1) is 8.81. The van der Waals surface area contributed by atoms with Gasteiger partial charge in [-0.3, -0.25) is 0 Å². The van der Waals surface area contributed by atoms with Gasteiger partial charge in [0, 0.05) is 31.2 Å². The highest BCUT2D eigenvalue weighted by atomic mass is 15.0. The lowest BCUT2D eigenvalue weighted by molar-refractivity contribution is 1.34. The van der Waals surface area contributed by atoms with E-state index in [-0.39, 0.29) is 0 Å². The molecule has 0 atom stereocenters. The molecule has 0 aliphatic heterocycles. The largest absolute Gasteiger partial charge is 0.387 e. The van der Waals surface area contributed by atoms with Crippen LogP contribution in [0.4, 0.5) is 11.5 Å². The highest BCUT2D eigenvalue weighted by molar-refractivity contribution is 5.92. The number of nitrogens with one attached hydrogen (secondary N) is 2. The van der Waals surface area contributed by atoms with Crippen LogP contribution >= 0.6 is 0 Å². The number of rotatable bonds is 2. The van der Waals surface area contributed by atoms with Gasteiger partial charge < -0.3 is 10.6 Å². The number of para-hydroxylation sites is 1. The third-order valence-corrected chi connectivity index (χ3v) is 2.24. The van der Waals surface area contributed by atoms with Crippen molar-refractivity contribution in [2.75, 3.05) is 24.7 Å². The Morgan fingerprint density at radius 3 is 2.57 bits per heavy atom. The number of hydrogen-bond donors (Lipinski definition) is 2. The summed E-state index contributed by atoms with van der Waals surface area (Å²) >= 11 is 0. The second-order valence-electron chi connectivity index (χ2n) is 3.07. The molecule has 0 saturated heterocycles. The molecule has 1 aromatic carbocycles. The Hall–Kier alpha value is -1.77. The number of aromatic nitrogens is 1. The van der Waals surface area contributed by atoms with Gasteiger partial charge in [0.15, 0.2) is 0 Å². The second-order valence-corrected chi connectivity index (χ2v) is 3.07. The molecule has 0 unspecified atom stereocenters. The average Bonchev–Trinajstić information content (AvgIpc) is 2.27. The van der Waals surface area contributed by atoms with Gasteiger partial charge in [-0.25, -0.2) is 4.98 Å². The monoisotopic (exact) mass is 187 g/mol. The predicted molar refractivity (Wildman–Crippen MR) is 60.8 cm³/mol. The summed E-state index contributed by atoms with van der Waals surface area (Å²) in [5.41, 5.74) is 2.10. The SMILES string of the molecule is CNc1cc(NC)c2ccccc2n1. The van der Waals surface area contributed by atoms with Crippen LogP contribution in [0, 0.1) is 0 Å². The Morgan fingerprint density at radius 1 is 1.07 bits per heavy atom. The summed E-state index contributed by atoms with van der Waals surface area (Å²) in [6.07, 6.45) is 0. The topological polar surface area (TPSA) is 37.0 Å². The third-order valence-electron chi connectivity index (χ3n) is 2.24. The van der Waals surface area contributed by atoms with Crippen LogP contribution in [0.1, 0.15) is 0 Å². The van der Waals surface area contributed by atoms with Gasteiger partial charge in [0.1, 0.15) is 5.82 Å². The van der Waals surface area contributed by atoms with E-state index in [2.05, 4.69) is 21.7 Å². The molecule has 0 bridgehead atoms. The van der Waals surface area contributed by atoms with Crippen LogP contribution < -0.4 is 10.6 Å². The Morgan fingerprint density at radius 2 is 1.86 bits per heavy atom. The van der Waals surface area contributed by atoms with Crippen molar-refractivity contribution < 1.29 is 0 Å². The van der Waals surface area contributed by atoms with Crippen molar-refractivity contribution in [1.29, 1.82) is 0 Å². The standard InChI is InChI=1S/C11H13N3/c1-12-10-7-11(13-2)14-9-6-4-3-5-8(9)10/h3-7H,1-2H3,(H2,12,13,14). The molecule has 3 nitrogen and oxygen atoms in total. The van der Waals surface area contributed by atoms with Crippen molar-refractivity contribution in [3.05, 3.63) is 30.3 Å². The maximum Gasteiger partial charge on any atom is 0.128 e. The fraction of sp³-hybridized carbons (Fsp3) is 0.182. The maximum atomic E-state index is 4.45. The molecule has 1 heterocycles. The van der Waals surface area contributed by atoms with Gasteiger partial charge in [-0.2, -0.15) is 0 Å². The highest BCUT2D eigenvalue weighted by Crippen LogP contribution is 2.24. The van der Waals surface area contributed by atoms with Crippen molar-refractivity contribution in [3.8, 4) is 0 Å². The summed E-state index contributed by atoms with van der Waals surface area (Å²) in [4.78, 5) is 4.45. The first-order valence-corrected chi connectivity index (χ1v) is 4.60. The molecule has 0 amide bonds. The number of benzene rings is 1. The lowest BCUT2D eigenvalue weighted by Gasteiger charge is -2.08. The van der Waals surface area contributed by atoms with E-state index in [1.165, 1.54) is 0 Å². The molecule has 0 radical (unpaired) electrons. The van der Waals surface area contributed by atoms with Crippen LogP contribution in [-0.2, 0) is 0 Å². The fourth-order valence-electron chi connectivity index (χ4n) is 1.51. The molecule has 72 valence electrons. The van der Waals surface area contributed by atoms with Gasteiger partial charge >= 0.3 is 0 Å². The van der Waals surface area contributed by atoms with E-state index in [0.717, 1.165) is 22.4 Å². The minimum absolute atomic E-state index is 0.882. The molecule has 2 N–H and O–H groups in total. The first-order valence-electron chi connectivity index (χ1n) is 4.60. The number of anilines is 2. The molecule has 0 aliphatic rings. The summed E-state index contributed by atoms with van der Waals surface area (Å²) in [5.74, 6) is 0.882. The molecule has 14 heavy (non-hydrogen) atoms. The summed E-state index contributed by atoms with van der Waals surface area (Å²) in [7, 11) is 3.79. The zero-order chi connectivity index (χ0) is 9.97. The molecule has 0 saturated carbocycles. The van der Waals surface area contributed by atoms with Crippen molar-refractivity contribution >= 4 is 22.4 Å². The Labute approximate surface area is 83.2 Å². The molecule has 2 aromatic rings. The zero-order valence-electron chi connectivity index (χ0n) is 8.33. The smallest absolute Gasteiger partial charge is 0.128 e. The van der Waals surface area contributed by atoms with Gasteiger partial charge in [-0.15, -0.1) is 0 Å². The molecular formula is C11H13N3. The Bertz CT molecular complexity index is 451. The summed E-state index contributed by atoms with van der Waals surface area (Å²) in [6, 6.07) is 10.1. The summed E-state index contributed by atoms with van der Waals surface area (Å²) < 4.78 is 0. The van der Waals surface area contributed by atoms with E-state index in [1.807, 2.05) is 38.4 Å². The van der Waals surface area contributed by atoms with Crippen molar-refractivity contribution in [1.82, 2.24) is 4.98 Å². The van der Waals surface area contributed by atoms with E-state index in [9.17, 15) is 0 Å². The average molecular weight is 187 g/mol. The predicted octanol–water partition coefficient (Wildman–Crippen LogP) is 2.32. The van der Waals surface area contributed by atoms with Crippen LogP contribution in [0.25, 0.3) is 10.9 Å². The van der Waals surface area contributed by atoms with Crippen molar-refractivity contribution in [2.45, 2.75) is 0 Å². The van der Waals surface area contributed by atoms with E-state index < -0.39 is 0 Å². The van der Waals surface area contributed by atoms with Crippen LogP contribution in [0.15, 0.2) is 30.3 Å². The van der Waals surface area contributed by atoms with Crippen molar-refractivity contribution in [3.63, 3.8) is 0 Å². The quantitative estimate of drug-likeness (QED) is 0.757. The number of fused-ring (bicyclic) bond motifs is 1. The van der Waals surface area contributed by atoms with Gasteiger partial charge in [-0.1, -0.05) is 18.2 Å². The van der Waals surface area contributed by atoms with Crippen molar-refractivity contribution in [2.24, 2.45) is 0 Å². The third kappa shape index (κ3) is 1.37. The lowest BCUT2D eigenvalue weighted by Crippen LogP contribution is -1.96. The van der Waals surface area contributed by atoms with E-state index in [1.54, 1.807) is 0 Å². The number of hydrogen-bond acceptors (Lipinski definition) is 3. The first-order chi connectivity index (χ1) is 6.85. The molecule has 0 spiro atoms. The summed E-state index contributed by atoms with van der Waals surface area (Å²) in [6.45, 7) is 0. The van der Waals surface area contributed by atoms with E-state index >= 15 is 0 Å². The van der Waals surface area contributed by atoms with Gasteiger partial charge in [0.05, 0.1) is 5.52 Å². The molecule has 3 heteroatoms. The van der Waals surface area contributed by atoms with Gasteiger partial charge in [0.2, 0.25) is 0 Å². The molecule has 1 aromatic heterocycles. The normalized spacial score (nSPS) is 10.1. The molecular weight excluding hydrogens is 174 g/mol.